The zero-order chi connectivity index (χ0) is 26.7. The van der Waals surface area contributed by atoms with Gasteiger partial charge in [0.25, 0.3) is 5.91 Å². The van der Waals surface area contributed by atoms with Gasteiger partial charge in [-0.25, -0.2) is 8.42 Å². The number of amides is 1. The molecular weight excluding hydrogens is 506 g/mol. The number of rotatable bonds is 12. The summed E-state index contributed by atoms with van der Waals surface area (Å²) in [6, 6.07) is 23.3. The van der Waals surface area contributed by atoms with Crippen molar-refractivity contribution in [3.05, 3.63) is 90.0 Å². The van der Waals surface area contributed by atoms with Crippen LogP contribution < -0.4 is 15.4 Å². The van der Waals surface area contributed by atoms with Crippen molar-refractivity contribution in [1.29, 1.82) is 0 Å². The topological polar surface area (TPSA) is 87.7 Å². The molecule has 0 saturated heterocycles. The first-order chi connectivity index (χ1) is 17.8. The van der Waals surface area contributed by atoms with Crippen molar-refractivity contribution in [2.45, 2.75) is 38.0 Å². The highest BCUT2D eigenvalue weighted by Gasteiger charge is 2.23. The minimum absolute atomic E-state index is 0.0956. The highest BCUT2D eigenvalue weighted by molar-refractivity contribution is 7.89. The summed E-state index contributed by atoms with van der Waals surface area (Å²) >= 11 is 5.31. The first-order valence-corrected chi connectivity index (χ1v) is 14.2. The fourth-order valence-electron chi connectivity index (χ4n) is 3.75. The van der Waals surface area contributed by atoms with Crippen LogP contribution in [0.15, 0.2) is 83.8 Å². The third-order valence-electron chi connectivity index (χ3n) is 5.55. The van der Waals surface area contributed by atoms with Crippen molar-refractivity contribution in [2.75, 3.05) is 25.0 Å². The smallest absolute Gasteiger partial charge is 0.261 e. The van der Waals surface area contributed by atoms with Crippen molar-refractivity contribution >= 4 is 38.9 Å². The van der Waals surface area contributed by atoms with Crippen LogP contribution in [0.4, 0.5) is 5.69 Å². The fraction of sp³-hybridized carbons (Fsp3) is 0.286. The summed E-state index contributed by atoms with van der Waals surface area (Å²) in [6.45, 7) is 5.29. The van der Waals surface area contributed by atoms with Gasteiger partial charge >= 0.3 is 0 Å². The van der Waals surface area contributed by atoms with E-state index >= 15 is 0 Å². The van der Waals surface area contributed by atoms with Crippen LogP contribution >= 0.6 is 12.2 Å². The van der Waals surface area contributed by atoms with Crippen LogP contribution in [-0.2, 0) is 16.4 Å². The molecule has 9 heteroatoms. The lowest BCUT2D eigenvalue weighted by Gasteiger charge is -2.21. The van der Waals surface area contributed by atoms with E-state index in [0.717, 1.165) is 24.8 Å². The zero-order valence-corrected chi connectivity index (χ0v) is 22.8. The number of carbonyl (C=O) groups is 1. The summed E-state index contributed by atoms with van der Waals surface area (Å²) in [7, 11) is -3.57. The minimum atomic E-state index is -3.57. The normalized spacial score (nSPS) is 11.2. The van der Waals surface area contributed by atoms with Gasteiger partial charge in [-0.3, -0.25) is 10.1 Å². The number of hydrogen-bond donors (Lipinski definition) is 2. The summed E-state index contributed by atoms with van der Waals surface area (Å²) in [6.07, 6.45) is 2.21. The second-order valence-electron chi connectivity index (χ2n) is 8.42. The lowest BCUT2D eigenvalue weighted by Crippen LogP contribution is -2.34. The van der Waals surface area contributed by atoms with Crippen LogP contribution in [-0.4, -0.2) is 43.4 Å². The third kappa shape index (κ3) is 8.11. The predicted octanol–water partition coefficient (Wildman–Crippen LogP) is 5.25. The standard InChI is InChI=1S/C28H33N3O4S2/c1-3-19-31(20-4-2)37(33,34)24-16-14-23(15-17-24)29-28(36)30-27(32)25-12-8-9-13-26(25)35-21-18-22-10-6-5-7-11-22/h5-17H,3-4,18-21H2,1-2H3,(H2,29,30,32,36). The first kappa shape index (κ1) is 28.3. The second kappa shape index (κ2) is 13.9. The Hall–Kier alpha value is -3.27. The maximum Gasteiger partial charge on any atom is 0.261 e. The van der Waals surface area contributed by atoms with Crippen LogP contribution in [0.5, 0.6) is 5.75 Å². The molecule has 0 aliphatic heterocycles. The number of hydrogen-bond acceptors (Lipinski definition) is 5. The molecule has 0 aliphatic carbocycles. The van der Waals surface area contributed by atoms with Crippen LogP contribution in [0.3, 0.4) is 0 Å². The molecule has 3 aromatic rings. The number of sulfonamides is 1. The lowest BCUT2D eigenvalue weighted by molar-refractivity contribution is 0.0974. The molecular formula is C28H33N3O4S2. The predicted molar refractivity (Wildman–Crippen MR) is 152 cm³/mol. The SMILES string of the molecule is CCCN(CCC)S(=O)(=O)c1ccc(NC(=S)NC(=O)c2ccccc2OCCc2ccccc2)cc1. The highest BCUT2D eigenvalue weighted by atomic mass is 32.2. The summed E-state index contributed by atoms with van der Waals surface area (Å²) in [4.78, 5) is 13.1. The van der Waals surface area contributed by atoms with Gasteiger partial charge in [0.1, 0.15) is 5.75 Å². The molecule has 0 saturated carbocycles. The van der Waals surface area contributed by atoms with Gasteiger partial charge in [0, 0.05) is 25.2 Å². The van der Waals surface area contributed by atoms with E-state index in [-0.39, 0.29) is 10.0 Å². The highest BCUT2D eigenvalue weighted by Crippen LogP contribution is 2.20. The van der Waals surface area contributed by atoms with Gasteiger partial charge in [0.15, 0.2) is 5.11 Å². The van der Waals surface area contributed by atoms with Gasteiger partial charge in [-0.1, -0.05) is 56.3 Å². The Balaban J connectivity index is 1.59. The molecule has 3 rings (SSSR count). The number of para-hydroxylation sites is 1. The van der Waals surface area contributed by atoms with Crippen molar-refractivity contribution in [3.8, 4) is 5.75 Å². The van der Waals surface area contributed by atoms with Gasteiger partial charge in [-0.15, -0.1) is 0 Å². The van der Waals surface area contributed by atoms with Gasteiger partial charge in [-0.05, 0) is 67.0 Å². The van der Waals surface area contributed by atoms with Gasteiger partial charge in [-0.2, -0.15) is 4.31 Å². The number of thiocarbonyl (C=S) groups is 1. The molecule has 0 radical (unpaired) electrons. The van der Waals surface area contributed by atoms with Crippen molar-refractivity contribution in [2.24, 2.45) is 0 Å². The summed E-state index contributed by atoms with van der Waals surface area (Å²) in [5, 5.41) is 5.70. The average molecular weight is 540 g/mol. The van der Waals surface area contributed by atoms with Crippen LogP contribution in [0.1, 0.15) is 42.6 Å². The summed E-state index contributed by atoms with van der Waals surface area (Å²) < 4.78 is 33.3. The molecule has 2 N–H and O–H groups in total. The van der Waals surface area contributed by atoms with Crippen molar-refractivity contribution < 1.29 is 17.9 Å². The maximum atomic E-state index is 12.9. The van der Waals surface area contributed by atoms with E-state index in [1.165, 1.54) is 16.4 Å². The van der Waals surface area contributed by atoms with Crippen molar-refractivity contribution in [1.82, 2.24) is 9.62 Å². The number of ether oxygens (including phenoxy) is 1. The van der Waals surface area contributed by atoms with E-state index < -0.39 is 15.9 Å². The third-order valence-corrected chi connectivity index (χ3v) is 7.66. The number of anilines is 1. The Kier molecular flexibility index (Phi) is 10.6. The van der Waals surface area contributed by atoms with Gasteiger partial charge in [0.05, 0.1) is 17.1 Å². The Bertz CT molecular complexity index is 1270. The monoisotopic (exact) mass is 539 g/mol. The molecule has 0 unspecified atom stereocenters. The Morgan fingerprint density at radius 1 is 0.892 bits per heavy atom. The Labute approximate surface area is 224 Å². The number of nitrogens with one attached hydrogen (secondary N) is 2. The summed E-state index contributed by atoms with van der Waals surface area (Å²) in [5.41, 5.74) is 2.08. The van der Waals surface area contributed by atoms with Crippen molar-refractivity contribution in [3.63, 3.8) is 0 Å². The number of benzene rings is 3. The molecule has 0 fully saturated rings. The summed E-state index contributed by atoms with van der Waals surface area (Å²) in [5.74, 6) is 0.0683. The van der Waals surface area contributed by atoms with E-state index in [9.17, 15) is 13.2 Å². The van der Waals surface area contributed by atoms with Crippen LogP contribution in [0.25, 0.3) is 0 Å². The van der Waals surface area contributed by atoms with Gasteiger partial charge < -0.3 is 10.1 Å². The van der Waals surface area contributed by atoms with Gasteiger partial charge in [0.2, 0.25) is 10.0 Å². The molecule has 0 aliphatic rings. The van der Waals surface area contributed by atoms with E-state index in [4.69, 9.17) is 17.0 Å². The van der Waals surface area contributed by atoms with E-state index in [1.54, 1.807) is 30.3 Å². The molecule has 0 heterocycles. The maximum absolute atomic E-state index is 12.9. The first-order valence-electron chi connectivity index (χ1n) is 12.3. The molecule has 37 heavy (non-hydrogen) atoms. The second-order valence-corrected chi connectivity index (χ2v) is 10.8. The largest absolute Gasteiger partial charge is 0.492 e. The molecule has 7 nitrogen and oxygen atoms in total. The van der Waals surface area contributed by atoms with Crippen LogP contribution in [0.2, 0.25) is 0 Å². The van der Waals surface area contributed by atoms with E-state index in [2.05, 4.69) is 10.6 Å². The lowest BCUT2D eigenvalue weighted by atomic mass is 10.1. The number of carbonyl (C=O) groups excluding carboxylic acids is 1. The molecule has 196 valence electrons. The quantitative estimate of drug-likeness (QED) is 0.306. The molecule has 0 atom stereocenters. The zero-order valence-electron chi connectivity index (χ0n) is 21.1. The Morgan fingerprint density at radius 2 is 1.51 bits per heavy atom. The molecule has 0 bridgehead atoms. The number of nitrogens with zero attached hydrogens (tertiary/aromatic N) is 1. The minimum Gasteiger partial charge on any atom is -0.492 e. The average Bonchev–Trinajstić information content (AvgIpc) is 2.89. The molecule has 3 aromatic carbocycles. The molecule has 0 spiro atoms. The van der Waals surface area contributed by atoms with E-state index in [1.807, 2.05) is 50.2 Å². The Morgan fingerprint density at radius 3 is 2.16 bits per heavy atom. The molecule has 0 aromatic heterocycles. The molecule has 1 amide bonds. The van der Waals surface area contributed by atoms with Crippen LogP contribution in [0, 0.1) is 0 Å². The fourth-order valence-corrected chi connectivity index (χ4v) is 5.58. The van der Waals surface area contributed by atoms with E-state index in [0.29, 0.717) is 36.7 Å².